The van der Waals surface area contributed by atoms with Crippen LogP contribution in [0.1, 0.15) is 40.0 Å². The topological polar surface area (TPSA) is 0 Å². The second-order valence-electron chi connectivity index (χ2n) is 4.92. The summed E-state index contributed by atoms with van der Waals surface area (Å²) in [6.07, 6.45) is 6.01. The first-order chi connectivity index (χ1) is 5.62. The second-order valence-corrected chi connectivity index (χ2v) is 4.92. The minimum absolute atomic E-state index is 0.706. The Balaban J connectivity index is 0.000000336. The number of hydrogen-bond donors (Lipinski definition) is 0. The van der Waals surface area contributed by atoms with Gasteiger partial charge in [-0.2, -0.15) is 0 Å². The first kappa shape index (κ1) is 10.4. The average molecular weight is 189 g/mol. The van der Waals surface area contributed by atoms with E-state index in [0.29, 0.717) is 5.41 Å². The zero-order valence-corrected chi connectivity index (χ0v) is 9.49. The summed E-state index contributed by atoms with van der Waals surface area (Å²) in [5, 5.41) is 0. The van der Waals surface area contributed by atoms with Gasteiger partial charge in [0.25, 0.3) is 0 Å². The van der Waals surface area contributed by atoms with E-state index in [9.17, 15) is 0 Å². The summed E-state index contributed by atoms with van der Waals surface area (Å²) in [5.41, 5.74) is 0.706. The highest BCUT2D eigenvalue weighted by molar-refractivity contribution is 6.15. The molecule has 0 aromatic carbocycles. The lowest BCUT2D eigenvalue weighted by atomic mass is 9.46. The third-order valence-corrected chi connectivity index (χ3v) is 4.20. The van der Waals surface area contributed by atoms with Gasteiger partial charge in [-0.25, -0.2) is 0 Å². The Morgan fingerprint density at radius 3 is 2.00 bits per heavy atom. The highest BCUT2D eigenvalue weighted by Gasteiger charge is 2.52. The van der Waals surface area contributed by atoms with Gasteiger partial charge < -0.3 is 0 Å². The van der Waals surface area contributed by atoms with Crippen LogP contribution in [0.4, 0.5) is 0 Å². The first-order valence-electron chi connectivity index (χ1n) is 5.00. The minimum atomic E-state index is 0.706. The molecule has 0 amide bonds. The minimum Gasteiger partial charge on any atom is -0.130 e. The number of hydrogen-bond acceptors (Lipinski definition) is 0. The van der Waals surface area contributed by atoms with E-state index in [0.717, 1.165) is 17.8 Å². The number of alkyl halides is 1. The molecule has 72 valence electrons. The Kier molecular flexibility index (Phi) is 3.09. The van der Waals surface area contributed by atoms with Crippen molar-refractivity contribution in [3.8, 4) is 0 Å². The molecule has 0 heterocycles. The van der Waals surface area contributed by atoms with Gasteiger partial charge in [0.05, 0.1) is 0 Å². The van der Waals surface area contributed by atoms with Gasteiger partial charge in [-0.3, -0.25) is 0 Å². The van der Waals surface area contributed by atoms with E-state index in [1.54, 1.807) is 0 Å². The molecule has 0 N–H and O–H groups in total. The standard InChI is InChI=1S/C10H18.CH3Cl/c1-7-4-5-8-6-9(7)10(8,2)3;1-2/h7-9H,4-6H2,1-3H3;1H3. The number of halogens is 1. The van der Waals surface area contributed by atoms with Crippen LogP contribution < -0.4 is 0 Å². The van der Waals surface area contributed by atoms with Gasteiger partial charge in [0.2, 0.25) is 0 Å². The van der Waals surface area contributed by atoms with Gasteiger partial charge in [-0.1, -0.05) is 27.2 Å². The van der Waals surface area contributed by atoms with Crippen LogP contribution in [0.15, 0.2) is 0 Å². The van der Waals surface area contributed by atoms with E-state index >= 15 is 0 Å². The summed E-state index contributed by atoms with van der Waals surface area (Å²) >= 11 is 4.64. The molecule has 1 heteroatoms. The monoisotopic (exact) mass is 188 g/mol. The van der Waals surface area contributed by atoms with Gasteiger partial charge in [-0.05, 0) is 36.0 Å². The fourth-order valence-corrected chi connectivity index (χ4v) is 3.18. The lowest BCUT2D eigenvalue weighted by molar-refractivity contribution is -0.0988. The molecular weight excluding hydrogens is 168 g/mol. The van der Waals surface area contributed by atoms with Crippen molar-refractivity contribution in [1.82, 2.24) is 0 Å². The number of rotatable bonds is 0. The van der Waals surface area contributed by atoms with Crippen LogP contribution in [-0.2, 0) is 0 Å². The van der Waals surface area contributed by atoms with Crippen LogP contribution in [0, 0.1) is 23.2 Å². The molecule has 12 heavy (non-hydrogen) atoms. The molecular formula is C11H21Cl. The van der Waals surface area contributed by atoms with Crippen LogP contribution in [0.2, 0.25) is 0 Å². The van der Waals surface area contributed by atoms with Crippen molar-refractivity contribution in [2.45, 2.75) is 40.0 Å². The van der Waals surface area contributed by atoms with Crippen LogP contribution in [-0.4, -0.2) is 6.38 Å². The predicted octanol–water partition coefficient (Wildman–Crippen LogP) is 3.93. The molecule has 0 aromatic rings. The molecule has 0 saturated heterocycles. The molecule has 0 aliphatic heterocycles. The summed E-state index contributed by atoms with van der Waals surface area (Å²) in [5.74, 6) is 3.15. The lowest BCUT2D eigenvalue weighted by Gasteiger charge is -2.59. The van der Waals surface area contributed by atoms with Gasteiger partial charge in [0, 0.05) is 6.38 Å². The van der Waals surface area contributed by atoms with Gasteiger partial charge >= 0.3 is 0 Å². The van der Waals surface area contributed by atoms with Gasteiger partial charge in [-0.15, -0.1) is 11.6 Å². The molecule has 3 unspecified atom stereocenters. The van der Waals surface area contributed by atoms with E-state index in [1.165, 1.54) is 25.6 Å². The van der Waals surface area contributed by atoms with E-state index in [2.05, 4.69) is 32.4 Å². The summed E-state index contributed by atoms with van der Waals surface area (Å²) < 4.78 is 0. The Hall–Kier alpha value is 0.290. The van der Waals surface area contributed by atoms with Crippen LogP contribution in [0.5, 0.6) is 0 Å². The summed E-state index contributed by atoms with van der Waals surface area (Å²) in [6, 6.07) is 0. The fourth-order valence-electron chi connectivity index (χ4n) is 3.18. The zero-order chi connectivity index (χ0) is 9.35. The molecule has 0 radical (unpaired) electrons. The van der Waals surface area contributed by atoms with Crippen molar-refractivity contribution in [1.29, 1.82) is 0 Å². The maximum absolute atomic E-state index is 4.64. The van der Waals surface area contributed by atoms with E-state index in [4.69, 9.17) is 0 Å². The van der Waals surface area contributed by atoms with Crippen molar-refractivity contribution in [3.63, 3.8) is 0 Å². The third-order valence-electron chi connectivity index (χ3n) is 4.20. The zero-order valence-electron chi connectivity index (χ0n) is 8.73. The Morgan fingerprint density at radius 1 is 1.17 bits per heavy atom. The van der Waals surface area contributed by atoms with Crippen molar-refractivity contribution in [2.24, 2.45) is 23.2 Å². The highest BCUT2D eigenvalue weighted by Crippen LogP contribution is 2.61. The van der Waals surface area contributed by atoms with Gasteiger partial charge in [0.1, 0.15) is 0 Å². The van der Waals surface area contributed by atoms with Crippen molar-refractivity contribution < 1.29 is 0 Å². The Bertz CT molecular complexity index is 149. The summed E-state index contributed by atoms with van der Waals surface area (Å²) in [4.78, 5) is 0. The van der Waals surface area contributed by atoms with Crippen molar-refractivity contribution >= 4 is 11.6 Å². The van der Waals surface area contributed by atoms with Crippen molar-refractivity contribution in [3.05, 3.63) is 0 Å². The normalized spacial score (nSPS) is 42.2. The molecule has 3 aliphatic rings. The highest BCUT2D eigenvalue weighted by atomic mass is 35.5. The summed E-state index contributed by atoms with van der Waals surface area (Å²) in [6.45, 7) is 7.35. The molecule has 2 bridgehead atoms. The number of fused-ring (bicyclic) bond motifs is 2. The van der Waals surface area contributed by atoms with Crippen LogP contribution in [0.3, 0.4) is 0 Å². The Labute approximate surface area is 81.7 Å². The molecule has 0 spiro atoms. The second kappa shape index (κ2) is 3.57. The van der Waals surface area contributed by atoms with E-state index < -0.39 is 0 Å². The maximum atomic E-state index is 4.64. The maximum Gasteiger partial charge on any atom is 0.0108 e. The van der Waals surface area contributed by atoms with Gasteiger partial charge in [0.15, 0.2) is 0 Å². The first-order valence-corrected chi connectivity index (χ1v) is 5.75. The smallest absolute Gasteiger partial charge is 0.0108 e. The van der Waals surface area contributed by atoms with Crippen LogP contribution in [0.25, 0.3) is 0 Å². The molecule has 3 atom stereocenters. The fraction of sp³-hybridized carbons (Fsp3) is 1.00. The molecule has 0 aromatic heterocycles. The average Bonchev–Trinajstić information content (AvgIpc) is 2.07. The molecule has 3 aliphatic carbocycles. The third kappa shape index (κ3) is 1.39. The lowest BCUT2D eigenvalue weighted by Crippen LogP contribution is -2.51. The molecule has 0 nitrogen and oxygen atoms in total. The largest absolute Gasteiger partial charge is 0.130 e. The molecule has 3 rings (SSSR count). The molecule has 3 fully saturated rings. The van der Waals surface area contributed by atoms with E-state index in [1.807, 2.05) is 0 Å². The predicted molar refractivity (Wildman–Crippen MR) is 55.6 cm³/mol. The summed E-state index contributed by atoms with van der Waals surface area (Å²) in [7, 11) is 0. The van der Waals surface area contributed by atoms with Crippen LogP contribution >= 0.6 is 11.6 Å². The molecule has 3 saturated carbocycles. The Morgan fingerprint density at radius 2 is 1.75 bits per heavy atom. The quantitative estimate of drug-likeness (QED) is 0.506. The SMILES string of the molecule is CC1CCC2CC1C2(C)C.CCl. The van der Waals surface area contributed by atoms with E-state index in [-0.39, 0.29) is 0 Å². The van der Waals surface area contributed by atoms with Crippen molar-refractivity contribution in [2.75, 3.05) is 6.38 Å².